The van der Waals surface area contributed by atoms with Crippen LogP contribution < -0.4 is 0 Å². The number of aliphatic hydroxyl groups is 1. The van der Waals surface area contributed by atoms with Gasteiger partial charge in [-0.3, -0.25) is 9.59 Å². The van der Waals surface area contributed by atoms with Crippen molar-refractivity contribution in [3.63, 3.8) is 0 Å². The van der Waals surface area contributed by atoms with Gasteiger partial charge in [0.15, 0.2) is 6.10 Å². The fourth-order valence-electron chi connectivity index (χ4n) is 5.13. The van der Waals surface area contributed by atoms with E-state index in [2.05, 4.69) is 74.6 Å². The maximum absolute atomic E-state index is 12.1. The number of esters is 2. The Kier molecular flexibility index (Phi) is 36.1. The van der Waals surface area contributed by atoms with Gasteiger partial charge in [-0.05, 0) is 77.0 Å². The Hall–Kier alpha value is -2.40. The van der Waals surface area contributed by atoms with E-state index >= 15 is 0 Å². The molecule has 270 valence electrons. The van der Waals surface area contributed by atoms with Crippen molar-refractivity contribution in [2.24, 2.45) is 0 Å². The van der Waals surface area contributed by atoms with Crippen LogP contribution in [0.15, 0.2) is 60.8 Å². The summed E-state index contributed by atoms with van der Waals surface area (Å²) in [6, 6.07) is 0. The average molecular weight is 657 g/mol. The molecule has 0 bridgehead atoms. The Balaban J connectivity index is 3.63. The number of hydrogen-bond donors (Lipinski definition) is 1. The number of hydrogen-bond acceptors (Lipinski definition) is 5. The zero-order valence-electron chi connectivity index (χ0n) is 30.5. The van der Waals surface area contributed by atoms with E-state index in [1.165, 1.54) is 83.5 Å². The minimum absolute atomic E-state index is 0.0868. The largest absolute Gasteiger partial charge is 0.462 e. The summed E-state index contributed by atoms with van der Waals surface area (Å²) in [5.74, 6) is -0.648. The lowest BCUT2D eigenvalue weighted by Crippen LogP contribution is -2.28. The van der Waals surface area contributed by atoms with E-state index in [9.17, 15) is 14.7 Å². The van der Waals surface area contributed by atoms with E-state index in [0.717, 1.165) is 64.2 Å². The van der Waals surface area contributed by atoms with Crippen LogP contribution >= 0.6 is 0 Å². The van der Waals surface area contributed by atoms with E-state index in [-0.39, 0.29) is 25.2 Å². The highest BCUT2D eigenvalue weighted by molar-refractivity contribution is 5.70. The number of carbonyl (C=O) groups excluding carboxylic acids is 2. The molecular formula is C42H72O5. The zero-order valence-corrected chi connectivity index (χ0v) is 30.5. The molecule has 0 aromatic carbocycles. The summed E-state index contributed by atoms with van der Waals surface area (Å²) in [4.78, 5) is 24.2. The zero-order chi connectivity index (χ0) is 34.3. The molecule has 5 heteroatoms. The SMILES string of the molecule is CC/C=C\C/C=C\C/C=C\C/C=C\CCCCC(=O)OC(CO)COC(=O)CCCCCCCCC/C=C\CCCCCCCCC. The third-order valence-electron chi connectivity index (χ3n) is 8.05. The highest BCUT2D eigenvalue weighted by Gasteiger charge is 2.16. The second kappa shape index (κ2) is 38.1. The van der Waals surface area contributed by atoms with Crippen LogP contribution in [0.25, 0.3) is 0 Å². The lowest BCUT2D eigenvalue weighted by Gasteiger charge is -2.15. The Morgan fingerprint density at radius 1 is 0.511 bits per heavy atom. The summed E-state index contributed by atoms with van der Waals surface area (Å²) in [7, 11) is 0. The van der Waals surface area contributed by atoms with Crippen molar-refractivity contribution in [2.75, 3.05) is 13.2 Å². The smallest absolute Gasteiger partial charge is 0.306 e. The molecule has 0 aliphatic heterocycles. The van der Waals surface area contributed by atoms with Gasteiger partial charge in [0.2, 0.25) is 0 Å². The average Bonchev–Trinajstić information content (AvgIpc) is 3.07. The summed E-state index contributed by atoms with van der Waals surface area (Å²) in [6.45, 7) is 3.97. The maximum atomic E-state index is 12.1. The van der Waals surface area contributed by atoms with Crippen molar-refractivity contribution >= 4 is 11.9 Å². The molecule has 1 N–H and O–H groups in total. The molecule has 0 heterocycles. The molecule has 0 saturated carbocycles. The molecule has 47 heavy (non-hydrogen) atoms. The molecule has 1 unspecified atom stereocenters. The molecule has 0 spiro atoms. The quantitative estimate of drug-likeness (QED) is 0.0424. The normalized spacial score (nSPS) is 12.8. The fourth-order valence-corrected chi connectivity index (χ4v) is 5.13. The molecule has 0 aliphatic carbocycles. The number of rotatable bonds is 34. The molecule has 0 aromatic rings. The lowest BCUT2D eigenvalue weighted by molar-refractivity contribution is -0.161. The van der Waals surface area contributed by atoms with Gasteiger partial charge in [-0.1, -0.05) is 145 Å². The summed E-state index contributed by atoms with van der Waals surface area (Å²) >= 11 is 0. The Morgan fingerprint density at radius 3 is 1.45 bits per heavy atom. The second-order valence-electron chi connectivity index (χ2n) is 12.6. The van der Waals surface area contributed by atoms with Crippen LogP contribution in [0.5, 0.6) is 0 Å². The monoisotopic (exact) mass is 657 g/mol. The van der Waals surface area contributed by atoms with Crippen molar-refractivity contribution in [2.45, 2.75) is 180 Å². The van der Waals surface area contributed by atoms with Gasteiger partial charge in [0.1, 0.15) is 6.61 Å². The second-order valence-corrected chi connectivity index (χ2v) is 12.6. The molecule has 0 aliphatic rings. The van der Waals surface area contributed by atoms with Crippen LogP contribution in [0.3, 0.4) is 0 Å². The van der Waals surface area contributed by atoms with E-state index in [4.69, 9.17) is 9.47 Å². The lowest BCUT2D eigenvalue weighted by atomic mass is 10.1. The van der Waals surface area contributed by atoms with Gasteiger partial charge in [-0.15, -0.1) is 0 Å². The summed E-state index contributed by atoms with van der Waals surface area (Å²) in [6.07, 6.45) is 48.5. The Labute approximate surface area is 290 Å². The Bertz CT molecular complexity index is 838. The van der Waals surface area contributed by atoms with Crippen LogP contribution in [0, 0.1) is 0 Å². The highest BCUT2D eigenvalue weighted by Crippen LogP contribution is 2.12. The highest BCUT2D eigenvalue weighted by atomic mass is 16.6. The van der Waals surface area contributed by atoms with Gasteiger partial charge in [0.05, 0.1) is 6.61 Å². The third kappa shape index (κ3) is 36.3. The Morgan fingerprint density at radius 2 is 0.915 bits per heavy atom. The first-order valence-electron chi connectivity index (χ1n) is 19.3. The van der Waals surface area contributed by atoms with Gasteiger partial charge in [0.25, 0.3) is 0 Å². The molecule has 0 fully saturated rings. The van der Waals surface area contributed by atoms with Crippen molar-refractivity contribution in [3.8, 4) is 0 Å². The maximum Gasteiger partial charge on any atom is 0.306 e. The van der Waals surface area contributed by atoms with Crippen molar-refractivity contribution in [1.29, 1.82) is 0 Å². The fraction of sp³-hybridized carbons (Fsp3) is 0.714. The molecule has 0 amide bonds. The summed E-state index contributed by atoms with van der Waals surface area (Å²) in [5.41, 5.74) is 0. The van der Waals surface area contributed by atoms with E-state index in [1.807, 2.05) is 0 Å². The van der Waals surface area contributed by atoms with Crippen LogP contribution in [-0.4, -0.2) is 36.4 Å². The molecule has 5 nitrogen and oxygen atoms in total. The van der Waals surface area contributed by atoms with Crippen molar-refractivity contribution in [3.05, 3.63) is 60.8 Å². The first-order valence-corrected chi connectivity index (χ1v) is 19.3. The van der Waals surface area contributed by atoms with Crippen LogP contribution in [0.2, 0.25) is 0 Å². The van der Waals surface area contributed by atoms with Crippen LogP contribution in [0.4, 0.5) is 0 Å². The minimum Gasteiger partial charge on any atom is -0.462 e. The van der Waals surface area contributed by atoms with Gasteiger partial charge in [0, 0.05) is 12.8 Å². The topological polar surface area (TPSA) is 72.8 Å². The van der Waals surface area contributed by atoms with Crippen molar-refractivity contribution < 1.29 is 24.2 Å². The molecule has 0 radical (unpaired) electrons. The summed E-state index contributed by atoms with van der Waals surface area (Å²) in [5, 5.41) is 9.54. The molecule has 0 saturated heterocycles. The van der Waals surface area contributed by atoms with E-state index in [1.54, 1.807) is 0 Å². The van der Waals surface area contributed by atoms with Gasteiger partial charge >= 0.3 is 11.9 Å². The first kappa shape index (κ1) is 44.6. The number of ether oxygens (including phenoxy) is 2. The number of aliphatic hydroxyl groups excluding tert-OH is 1. The molecule has 0 rings (SSSR count). The predicted molar refractivity (Wildman–Crippen MR) is 200 cm³/mol. The van der Waals surface area contributed by atoms with Crippen LogP contribution in [0.1, 0.15) is 174 Å². The van der Waals surface area contributed by atoms with Gasteiger partial charge < -0.3 is 14.6 Å². The molecule has 1 atom stereocenters. The first-order chi connectivity index (χ1) is 23.1. The van der Waals surface area contributed by atoms with Crippen molar-refractivity contribution in [1.82, 2.24) is 0 Å². The third-order valence-corrected chi connectivity index (χ3v) is 8.05. The number of unbranched alkanes of at least 4 members (excludes halogenated alkanes) is 16. The molecule has 0 aromatic heterocycles. The number of allylic oxidation sites excluding steroid dienone is 10. The minimum atomic E-state index is -0.795. The van der Waals surface area contributed by atoms with Gasteiger partial charge in [-0.2, -0.15) is 0 Å². The predicted octanol–water partition coefficient (Wildman–Crippen LogP) is 12.0. The molecular weight excluding hydrogens is 584 g/mol. The van der Waals surface area contributed by atoms with E-state index in [0.29, 0.717) is 12.8 Å². The standard InChI is InChI=1S/C42H72O5/c1-3-5-7-9-11-13-15-17-19-20-21-23-24-26-28-30-32-34-36-41(44)46-39-40(38-43)47-42(45)37-35-33-31-29-27-25-22-18-16-14-12-10-8-6-4-2/h6,8,12,14,18-20,22,27,29,40,43H,3-5,7,9-11,13,15-17,21,23-26,28,30-39H2,1-2H3/b8-6-,14-12-,20-19-,22-18-,29-27-. The number of carbonyl (C=O) groups is 2. The van der Waals surface area contributed by atoms with E-state index < -0.39 is 6.10 Å². The van der Waals surface area contributed by atoms with Crippen LogP contribution in [-0.2, 0) is 19.1 Å². The summed E-state index contributed by atoms with van der Waals surface area (Å²) < 4.78 is 10.6. The van der Waals surface area contributed by atoms with Gasteiger partial charge in [-0.25, -0.2) is 0 Å².